The third-order valence-corrected chi connectivity index (χ3v) is 6.50. The molecule has 0 bridgehead atoms. The quantitative estimate of drug-likeness (QED) is 0.379. The summed E-state index contributed by atoms with van der Waals surface area (Å²) < 4.78 is 6.12. The van der Waals surface area contributed by atoms with Crippen LogP contribution in [-0.2, 0) is 19.3 Å². The van der Waals surface area contributed by atoms with Crippen LogP contribution in [0.1, 0.15) is 56.4 Å². The minimum absolute atomic E-state index is 0.401. The van der Waals surface area contributed by atoms with Gasteiger partial charge in [-0.3, -0.25) is 0 Å². The summed E-state index contributed by atoms with van der Waals surface area (Å²) in [5.41, 5.74) is 15.0. The van der Waals surface area contributed by atoms with Crippen molar-refractivity contribution < 1.29 is 4.74 Å². The standard InChI is InChI=1S/C25H36N6OS/c1-5-8-21-18(10-12-24-29-22(26)16-23(27)30-24)28-25(33-21)17-9-11-19(31(4)13-6-2)20(15-17)32-14-7-3/h9,11,15-16H,5-8,10,12-14H2,1-4H3,(H4,26,27,29,30). The van der Waals surface area contributed by atoms with E-state index in [-0.39, 0.29) is 0 Å². The van der Waals surface area contributed by atoms with E-state index in [4.69, 9.17) is 21.2 Å². The molecule has 2 heterocycles. The van der Waals surface area contributed by atoms with Crippen molar-refractivity contribution in [3.63, 3.8) is 0 Å². The molecule has 0 atom stereocenters. The van der Waals surface area contributed by atoms with E-state index in [1.807, 2.05) is 0 Å². The fourth-order valence-electron chi connectivity index (χ4n) is 3.75. The van der Waals surface area contributed by atoms with Crippen LogP contribution in [0.3, 0.4) is 0 Å². The lowest BCUT2D eigenvalue weighted by Gasteiger charge is -2.22. The molecule has 0 unspecified atom stereocenters. The Kier molecular flexibility index (Phi) is 8.88. The maximum absolute atomic E-state index is 6.12. The van der Waals surface area contributed by atoms with E-state index in [9.17, 15) is 0 Å². The zero-order chi connectivity index (χ0) is 23.8. The van der Waals surface area contributed by atoms with Crippen molar-refractivity contribution in [2.24, 2.45) is 0 Å². The predicted molar refractivity (Wildman–Crippen MR) is 139 cm³/mol. The van der Waals surface area contributed by atoms with Crippen molar-refractivity contribution in [3.8, 4) is 16.3 Å². The number of aryl methyl sites for hydroxylation is 3. The second-order valence-corrected chi connectivity index (χ2v) is 9.31. The first-order chi connectivity index (χ1) is 15.9. The fourth-order valence-corrected chi connectivity index (χ4v) is 4.96. The van der Waals surface area contributed by atoms with Crippen LogP contribution in [0.25, 0.3) is 10.6 Å². The molecule has 7 nitrogen and oxygen atoms in total. The molecule has 0 aliphatic heterocycles. The normalized spacial score (nSPS) is 11.0. The molecule has 0 aliphatic rings. The molecule has 0 fully saturated rings. The average Bonchev–Trinajstić information content (AvgIpc) is 3.18. The highest BCUT2D eigenvalue weighted by Crippen LogP contribution is 2.36. The van der Waals surface area contributed by atoms with Gasteiger partial charge >= 0.3 is 0 Å². The summed E-state index contributed by atoms with van der Waals surface area (Å²) in [4.78, 5) is 17.2. The second kappa shape index (κ2) is 11.8. The van der Waals surface area contributed by atoms with Crippen LogP contribution in [0, 0.1) is 0 Å². The Labute approximate surface area is 201 Å². The Morgan fingerprint density at radius 3 is 2.33 bits per heavy atom. The molecule has 8 heteroatoms. The maximum atomic E-state index is 6.12. The summed E-state index contributed by atoms with van der Waals surface area (Å²) in [6, 6.07) is 8.02. The monoisotopic (exact) mass is 468 g/mol. The van der Waals surface area contributed by atoms with Gasteiger partial charge in [-0.25, -0.2) is 15.0 Å². The second-order valence-electron chi connectivity index (χ2n) is 8.23. The Morgan fingerprint density at radius 2 is 1.67 bits per heavy atom. The van der Waals surface area contributed by atoms with E-state index in [1.165, 1.54) is 4.88 Å². The number of thiazole rings is 1. The Bertz CT molecular complexity index is 1030. The van der Waals surface area contributed by atoms with Gasteiger partial charge in [0.15, 0.2) is 0 Å². The lowest BCUT2D eigenvalue weighted by atomic mass is 10.1. The molecule has 178 valence electrons. The van der Waals surface area contributed by atoms with Gasteiger partial charge in [0.1, 0.15) is 28.2 Å². The van der Waals surface area contributed by atoms with Crippen LogP contribution in [0.15, 0.2) is 24.3 Å². The lowest BCUT2D eigenvalue weighted by Crippen LogP contribution is -2.18. The van der Waals surface area contributed by atoms with Gasteiger partial charge in [-0.15, -0.1) is 11.3 Å². The number of hydrogen-bond acceptors (Lipinski definition) is 8. The van der Waals surface area contributed by atoms with Crippen LogP contribution >= 0.6 is 11.3 Å². The lowest BCUT2D eigenvalue weighted by molar-refractivity contribution is 0.318. The zero-order valence-corrected chi connectivity index (χ0v) is 21.0. The number of nitrogens with zero attached hydrogens (tertiary/aromatic N) is 4. The Hall–Kier alpha value is -2.87. The minimum Gasteiger partial charge on any atom is -0.491 e. The SMILES string of the molecule is CCCOc1cc(-c2nc(CCc3nc(N)cc(N)n3)c(CCC)s2)ccc1N(C)CCC. The Balaban J connectivity index is 1.88. The summed E-state index contributed by atoms with van der Waals surface area (Å²) in [5, 5.41) is 1.02. The zero-order valence-electron chi connectivity index (χ0n) is 20.2. The third kappa shape index (κ3) is 6.57. The van der Waals surface area contributed by atoms with Crippen LogP contribution < -0.4 is 21.1 Å². The molecule has 2 aromatic heterocycles. The van der Waals surface area contributed by atoms with E-state index >= 15 is 0 Å². The molecule has 0 saturated heterocycles. The highest BCUT2D eigenvalue weighted by molar-refractivity contribution is 7.15. The van der Waals surface area contributed by atoms with Crippen molar-refractivity contribution >= 4 is 28.7 Å². The topological polar surface area (TPSA) is 103 Å². The van der Waals surface area contributed by atoms with Gasteiger partial charge in [-0.05, 0) is 43.9 Å². The van der Waals surface area contributed by atoms with Crippen LogP contribution in [0.4, 0.5) is 17.3 Å². The number of benzene rings is 1. The van der Waals surface area contributed by atoms with E-state index in [0.29, 0.717) is 30.5 Å². The molecule has 0 radical (unpaired) electrons. The summed E-state index contributed by atoms with van der Waals surface area (Å²) in [6.45, 7) is 8.19. The van der Waals surface area contributed by atoms with Crippen LogP contribution in [0.2, 0.25) is 0 Å². The maximum Gasteiger partial charge on any atom is 0.143 e. The molecule has 0 spiro atoms. The molecular weight excluding hydrogens is 432 g/mol. The molecule has 0 aliphatic carbocycles. The third-order valence-electron chi connectivity index (χ3n) is 5.29. The van der Waals surface area contributed by atoms with E-state index in [0.717, 1.165) is 66.4 Å². The smallest absolute Gasteiger partial charge is 0.143 e. The first-order valence-electron chi connectivity index (χ1n) is 11.8. The molecule has 0 amide bonds. The van der Waals surface area contributed by atoms with Crippen molar-refractivity contribution in [1.82, 2.24) is 15.0 Å². The Morgan fingerprint density at radius 1 is 0.909 bits per heavy atom. The number of ether oxygens (including phenoxy) is 1. The van der Waals surface area contributed by atoms with Crippen LogP contribution in [0.5, 0.6) is 5.75 Å². The highest BCUT2D eigenvalue weighted by Gasteiger charge is 2.16. The van der Waals surface area contributed by atoms with Crippen molar-refractivity contribution in [1.29, 1.82) is 0 Å². The van der Waals surface area contributed by atoms with Gasteiger partial charge < -0.3 is 21.1 Å². The molecule has 4 N–H and O–H groups in total. The highest BCUT2D eigenvalue weighted by atomic mass is 32.1. The van der Waals surface area contributed by atoms with Crippen LogP contribution in [-0.4, -0.2) is 35.2 Å². The summed E-state index contributed by atoms with van der Waals surface area (Å²) in [6.07, 6.45) is 5.54. The average molecular weight is 469 g/mol. The van der Waals surface area contributed by atoms with Crippen molar-refractivity contribution in [3.05, 3.63) is 40.7 Å². The van der Waals surface area contributed by atoms with E-state index < -0.39 is 0 Å². The molecular formula is C25H36N6OS. The van der Waals surface area contributed by atoms with E-state index in [1.54, 1.807) is 17.4 Å². The number of rotatable bonds is 12. The van der Waals surface area contributed by atoms with Gasteiger partial charge in [0.25, 0.3) is 0 Å². The number of nitrogen functional groups attached to an aromatic ring is 2. The summed E-state index contributed by atoms with van der Waals surface area (Å²) in [5.74, 6) is 2.38. The van der Waals surface area contributed by atoms with E-state index in [2.05, 4.69) is 60.9 Å². The number of anilines is 3. The predicted octanol–water partition coefficient (Wildman–Crippen LogP) is 5.14. The van der Waals surface area contributed by atoms with Gasteiger partial charge in [0.2, 0.25) is 0 Å². The van der Waals surface area contributed by atoms with Gasteiger partial charge in [-0.1, -0.05) is 27.2 Å². The van der Waals surface area contributed by atoms with Gasteiger partial charge in [0, 0.05) is 36.5 Å². The number of aromatic nitrogens is 3. The summed E-state index contributed by atoms with van der Waals surface area (Å²) >= 11 is 1.77. The molecule has 1 aromatic carbocycles. The van der Waals surface area contributed by atoms with Gasteiger partial charge in [0.05, 0.1) is 18.0 Å². The van der Waals surface area contributed by atoms with Crippen molar-refractivity contribution in [2.45, 2.75) is 59.3 Å². The molecule has 3 rings (SSSR count). The van der Waals surface area contributed by atoms with Crippen molar-refractivity contribution in [2.75, 3.05) is 36.6 Å². The first kappa shape index (κ1) is 24.8. The molecule has 3 aromatic rings. The molecule has 33 heavy (non-hydrogen) atoms. The number of hydrogen-bond donors (Lipinski definition) is 2. The minimum atomic E-state index is 0.401. The largest absolute Gasteiger partial charge is 0.491 e. The fraction of sp³-hybridized carbons (Fsp3) is 0.480. The van der Waals surface area contributed by atoms with Gasteiger partial charge in [-0.2, -0.15) is 0 Å². The molecule has 0 saturated carbocycles. The first-order valence-corrected chi connectivity index (χ1v) is 12.6. The summed E-state index contributed by atoms with van der Waals surface area (Å²) in [7, 11) is 2.11. The number of nitrogens with two attached hydrogens (primary N) is 2.